The van der Waals surface area contributed by atoms with Crippen LogP contribution in [0.5, 0.6) is 5.75 Å². The van der Waals surface area contributed by atoms with Crippen LogP contribution in [0.25, 0.3) is 6.08 Å². The van der Waals surface area contributed by atoms with Crippen LogP contribution in [0.4, 0.5) is 0 Å². The molecule has 3 aromatic carbocycles. The van der Waals surface area contributed by atoms with E-state index < -0.39 is 11.3 Å². The van der Waals surface area contributed by atoms with Gasteiger partial charge in [-0.05, 0) is 50.1 Å². The molecule has 1 N–H and O–H groups in total. The van der Waals surface area contributed by atoms with Gasteiger partial charge in [-0.3, -0.25) is 15.0 Å². The first-order valence-electron chi connectivity index (χ1n) is 11.2. The third-order valence-corrected chi connectivity index (χ3v) is 5.66. The first kappa shape index (κ1) is 23.0. The van der Waals surface area contributed by atoms with Crippen molar-refractivity contribution in [3.05, 3.63) is 107 Å². The van der Waals surface area contributed by atoms with Crippen LogP contribution in [0.3, 0.4) is 0 Å². The number of amides is 2. The van der Waals surface area contributed by atoms with Crippen molar-refractivity contribution in [1.82, 2.24) is 10.4 Å². The van der Waals surface area contributed by atoms with Crippen LogP contribution in [0.1, 0.15) is 37.5 Å². The highest BCUT2D eigenvalue weighted by molar-refractivity contribution is 6.20. The number of aliphatic imine (C=N–C) groups is 1. The molecule has 34 heavy (non-hydrogen) atoms. The minimum Gasteiger partial charge on any atom is -0.494 e. The summed E-state index contributed by atoms with van der Waals surface area (Å²) in [7, 11) is 0. The van der Waals surface area contributed by atoms with Gasteiger partial charge in [-0.2, -0.15) is 5.01 Å². The fourth-order valence-corrected chi connectivity index (χ4v) is 3.62. The Bertz CT molecular complexity index is 1230. The quantitative estimate of drug-likeness (QED) is 0.526. The Morgan fingerprint density at radius 2 is 1.59 bits per heavy atom. The maximum absolute atomic E-state index is 13.4. The van der Waals surface area contributed by atoms with Crippen LogP contribution < -0.4 is 10.2 Å². The Morgan fingerprint density at radius 3 is 2.21 bits per heavy atom. The molecule has 0 aliphatic carbocycles. The first-order chi connectivity index (χ1) is 16.4. The van der Waals surface area contributed by atoms with Gasteiger partial charge in [0.1, 0.15) is 11.4 Å². The molecule has 3 aromatic rings. The lowest BCUT2D eigenvalue weighted by atomic mass is 9.84. The summed E-state index contributed by atoms with van der Waals surface area (Å²) in [6, 6.07) is 26.2. The summed E-state index contributed by atoms with van der Waals surface area (Å²) in [6.45, 7) is 6.13. The molecule has 0 aromatic heterocycles. The number of nitrogens with zero attached hydrogens (tertiary/aromatic N) is 2. The molecule has 172 valence electrons. The van der Waals surface area contributed by atoms with E-state index >= 15 is 0 Å². The van der Waals surface area contributed by atoms with Crippen LogP contribution >= 0.6 is 0 Å². The zero-order valence-corrected chi connectivity index (χ0v) is 19.5. The molecule has 4 rings (SSSR count). The zero-order chi connectivity index (χ0) is 24.1. The van der Waals surface area contributed by atoms with Crippen LogP contribution in [0, 0.1) is 0 Å². The lowest BCUT2D eigenvalue weighted by Gasteiger charge is -2.28. The Hall–Kier alpha value is -4.19. The molecule has 0 saturated heterocycles. The van der Waals surface area contributed by atoms with E-state index in [0.717, 1.165) is 22.4 Å². The van der Waals surface area contributed by atoms with Crippen molar-refractivity contribution in [1.29, 1.82) is 0 Å². The number of rotatable bonds is 7. The highest BCUT2D eigenvalue weighted by Crippen LogP contribution is 2.27. The lowest BCUT2D eigenvalue weighted by molar-refractivity contribution is -0.136. The fourth-order valence-electron chi connectivity index (χ4n) is 3.62. The van der Waals surface area contributed by atoms with Crippen molar-refractivity contribution in [3.63, 3.8) is 0 Å². The smallest absolute Gasteiger partial charge is 0.297 e. The van der Waals surface area contributed by atoms with Gasteiger partial charge in [0.15, 0.2) is 5.84 Å². The topological polar surface area (TPSA) is 71.0 Å². The van der Waals surface area contributed by atoms with Crippen molar-refractivity contribution in [2.24, 2.45) is 4.99 Å². The molecule has 1 aliphatic rings. The second kappa shape index (κ2) is 9.75. The molecule has 0 atom stereocenters. The zero-order valence-electron chi connectivity index (χ0n) is 19.5. The molecule has 0 bridgehead atoms. The number of carbonyl (C=O) groups is 2. The summed E-state index contributed by atoms with van der Waals surface area (Å²) in [6.07, 6.45) is 1.72. The van der Waals surface area contributed by atoms with Crippen LogP contribution in [0.15, 0.2) is 95.6 Å². The van der Waals surface area contributed by atoms with Gasteiger partial charge in [0.05, 0.1) is 12.0 Å². The molecule has 6 heteroatoms. The van der Waals surface area contributed by atoms with Gasteiger partial charge in [-0.25, -0.2) is 4.99 Å². The van der Waals surface area contributed by atoms with Crippen molar-refractivity contribution in [2.75, 3.05) is 6.61 Å². The highest BCUT2D eigenvalue weighted by Gasteiger charge is 2.37. The molecule has 1 aliphatic heterocycles. The summed E-state index contributed by atoms with van der Waals surface area (Å²) < 4.78 is 5.50. The van der Waals surface area contributed by atoms with Crippen LogP contribution in [0.2, 0.25) is 0 Å². The van der Waals surface area contributed by atoms with Gasteiger partial charge in [0.2, 0.25) is 5.91 Å². The van der Waals surface area contributed by atoms with Gasteiger partial charge in [-0.15, -0.1) is 0 Å². The lowest BCUT2D eigenvalue weighted by Crippen LogP contribution is -2.52. The Kier molecular flexibility index (Phi) is 6.59. The number of hydrogen-bond donors (Lipinski definition) is 1. The van der Waals surface area contributed by atoms with E-state index in [2.05, 4.69) is 10.4 Å². The highest BCUT2D eigenvalue weighted by atomic mass is 16.5. The van der Waals surface area contributed by atoms with Crippen molar-refractivity contribution in [2.45, 2.75) is 26.2 Å². The molecular weight excluding hydrogens is 426 g/mol. The second-order valence-corrected chi connectivity index (χ2v) is 8.41. The van der Waals surface area contributed by atoms with Gasteiger partial charge >= 0.3 is 0 Å². The van der Waals surface area contributed by atoms with E-state index in [9.17, 15) is 9.59 Å². The molecule has 0 fully saturated rings. The predicted octanol–water partition coefficient (Wildman–Crippen LogP) is 4.72. The van der Waals surface area contributed by atoms with E-state index in [-0.39, 0.29) is 11.6 Å². The van der Waals surface area contributed by atoms with Crippen molar-refractivity contribution >= 4 is 23.7 Å². The fraction of sp³-hybridized carbons (Fsp3) is 0.179. The molecule has 0 radical (unpaired) electrons. The number of ether oxygens (including phenoxy) is 1. The van der Waals surface area contributed by atoms with E-state index in [1.807, 2.05) is 106 Å². The summed E-state index contributed by atoms with van der Waals surface area (Å²) in [5, 5.41) is 1.24. The van der Waals surface area contributed by atoms with Crippen molar-refractivity contribution < 1.29 is 14.3 Å². The maximum Gasteiger partial charge on any atom is 0.297 e. The molecule has 0 spiro atoms. The Balaban J connectivity index is 1.63. The third-order valence-electron chi connectivity index (χ3n) is 5.66. The van der Waals surface area contributed by atoms with E-state index in [4.69, 9.17) is 4.74 Å². The molecule has 1 heterocycles. The number of nitrogens with one attached hydrogen (secondary N) is 1. The molecule has 0 unspecified atom stereocenters. The molecule has 2 amide bonds. The Labute approximate surface area is 199 Å². The second-order valence-electron chi connectivity index (χ2n) is 8.41. The SMILES string of the molecule is CCOc1ccc(C(C)(C)C(=O)NN2C(=O)C(=Cc3ccccc3)N=C2c2ccccc2)cc1. The largest absolute Gasteiger partial charge is 0.494 e. The molecule has 0 saturated carbocycles. The maximum atomic E-state index is 13.4. The average molecular weight is 454 g/mol. The van der Waals surface area contributed by atoms with E-state index in [1.165, 1.54) is 5.01 Å². The first-order valence-corrected chi connectivity index (χ1v) is 11.2. The number of amidine groups is 1. The number of carbonyl (C=O) groups excluding carboxylic acids is 2. The average Bonchev–Trinajstić information content (AvgIpc) is 3.15. The summed E-state index contributed by atoms with van der Waals surface area (Å²) in [5.41, 5.74) is 4.55. The minimum atomic E-state index is -0.904. The van der Waals surface area contributed by atoms with E-state index in [1.54, 1.807) is 6.08 Å². The number of benzene rings is 3. The monoisotopic (exact) mass is 453 g/mol. The molecular formula is C28H27N3O3. The summed E-state index contributed by atoms with van der Waals surface area (Å²) in [5.74, 6) is 0.406. The van der Waals surface area contributed by atoms with Crippen LogP contribution in [-0.2, 0) is 15.0 Å². The van der Waals surface area contributed by atoms with Gasteiger partial charge < -0.3 is 4.74 Å². The number of hydrogen-bond acceptors (Lipinski definition) is 4. The Morgan fingerprint density at radius 1 is 0.971 bits per heavy atom. The van der Waals surface area contributed by atoms with Crippen molar-refractivity contribution in [3.8, 4) is 5.75 Å². The van der Waals surface area contributed by atoms with Gasteiger partial charge in [0.25, 0.3) is 5.91 Å². The number of hydrazine groups is 1. The summed E-state index contributed by atoms with van der Waals surface area (Å²) >= 11 is 0. The summed E-state index contributed by atoms with van der Waals surface area (Å²) in [4.78, 5) is 31.3. The van der Waals surface area contributed by atoms with Crippen LogP contribution in [-0.4, -0.2) is 29.3 Å². The van der Waals surface area contributed by atoms with Gasteiger partial charge in [0, 0.05) is 5.56 Å². The van der Waals surface area contributed by atoms with Gasteiger partial charge in [-0.1, -0.05) is 72.8 Å². The van der Waals surface area contributed by atoms with E-state index in [0.29, 0.717) is 12.4 Å². The third kappa shape index (κ3) is 4.76. The predicted molar refractivity (Wildman–Crippen MR) is 133 cm³/mol. The standard InChI is InChI=1S/C28H27N3O3/c1-4-34-23-17-15-22(16-18-23)28(2,3)27(33)30-31-25(21-13-9-6-10-14-21)29-24(26(31)32)19-20-11-7-5-8-12-20/h5-19H,4H2,1-3H3,(H,30,33). The molecule has 6 nitrogen and oxygen atoms in total. The minimum absolute atomic E-state index is 0.254. The normalized spacial score (nSPS) is 14.8.